The van der Waals surface area contributed by atoms with Gasteiger partial charge in [0.25, 0.3) is 0 Å². The zero-order valence-corrected chi connectivity index (χ0v) is 9.96. The molecule has 0 aliphatic heterocycles. The summed E-state index contributed by atoms with van der Waals surface area (Å²) in [6, 6.07) is 1.78. The van der Waals surface area contributed by atoms with Crippen LogP contribution in [0.5, 0.6) is 0 Å². The van der Waals surface area contributed by atoms with Crippen molar-refractivity contribution in [2.75, 3.05) is 5.73 Å². The summed E-state index contributed by atoms with van der Waals surface area (Å²) < 4.78 is 4.82. The molecule has 82 valence electrons. The molecule has 0 unspecified atom stereocenters. The monoisotopic (exact) mass is 251 g/mol. The lowest BCUT2D eigenvalue weighted by Gasteiger charge is -2.02. The van der Waals surface area contributed by atoms with E-state index in [4.69, 9.17) is 5.73 Å². The molecular formula is C9H9N5S2. The highest BCUT2D eigenvalue weighted by Gasteiger charge is 2.27. The van der Waals surface area contributed by atoms with Crippen LogP contribution >= 0.6 is 23.3 Å². The minimum atomic E-state index is 0.511. The van der Waals surface area contributed by atoms with Gasteiger partial charge in [0, 0.05) is 12.0 Å². The first kappa shape index (κ1) is 9.98. The third-order valence-electron chi connectivity index (χ3n) is 2.22. The molecule has 1 aliphatic rings. The fraction of sp³-hybridized carbons (Fsp3) is 0.333. The number of hydrogen-bond donors (Lipinski definition) is 1. The number of hydrogen-bond acceptors (Lipinski definition) is 7. The van der Waals surface area contributed by atoms with Gasteiger partial charge in [-0.1, -0.05) is 0 Å². The Balaban J connectivity index is 1.88. The topological polar surface area (TPSA) is 77.6 Å². The molecule has 5 nitrogen and oxygen atoms in total. The second kappa shape index (κ2) is 3.99. The minimum absolute atomic E-state index is 0.511. The first-order valence-corrected chi connectivity index (χ1v) is 6.49. The van der Waals surface area contributed by atoms with Crippen molar-refractivity contribution < 1.29 is 0 Å². The van der Waals surface area contributed by atoms with E-state index in [0.717, 1.165) is 15.2 Å². The van der Waals surface area contributed by atoms with E-state index in [2.05, 4.69) is 19.3 Å². The number of aromatic nitrogens is 4. The summed E-state index contributed by atoms with van der Waals surface area (Å²) in [5, 5.41) is 0.853. The zero-order valence-electron chi connectivity index (χ0n) is 8.33. The smallest absolute Gasteiger partial charge is 0.175 e. The van der Waals surface area contributed by atoms with Crippen LogP contribution in [-0.2, 0) is 0 Å². The molecule has 2 N–H and O–H groups in total. The molecule has 0 aromatic carbocycles. The molecule has 1 fully saturated rings. The maximum absolute atomic E-state index is 5.76. The van der Waals surface area contributed by atoms with Gasteiger partial charge in [0.15, 0.2) is 4.34 Å². The van der Waals surface area contributed by atoms with Crippen LogP contribution in [0.1, 0.15) is 24.6 Å². The van der Waals surface area contributed by atoms with Crippen LogP contribution in [0.15, 0.2) is 21.8 Å². The van der Waals surface area contributed by atoms with Crippen LogP contribution in [0.2, 0.25) is 0 Å². The average molecular weight is 251 g/mol. The molecule has 0 spiro atoms. The predicted octanol–water partition coefficient (Wildman–Crippen LogP) is 1.94. The summed E-state index contributed by atoms with van der Waals surface area (Å²) in [7, 11) is 0. The Morgan fingerprint density at radius 2 is 2.25 bits per heavy atom. The molecular weight excluding hydrogens is 242 g/mol. The fourth-order valence-corrected chi connectivity index (χ4v) is 2.75. The lowest BCUT2D eigenvalue weighted by Crippen LogP contribution is -1.99. The second-order valence-electron chi connectivity index (χ2n) is 3.57. The molecule has 0 saturated heterocycles. The Hall–Kier alpha value is -1.21. The first-order chi connectivity index (χ1) is 7.81. The van der Waals surface area contributed by atoms with Crippen molar-refractivity contribution in [2.24, 2.45) is 0 Å². The second-order valence-corrected chi connectivity index (χ2v) is 5.62. The summed E-state index contributed by atoms with van der Waals surface area (Å²) in [6.45, 7) is 0. The van der Waals surface area contributed by atoms with Gasteiger partial charge in [0.2, 0.25) is 0 Å². The van der Waals surface area contributed by atoms with Gasteiger partial charge in [0.05, 0.1) is 0 Å². The molecule has 0 atom stereocenters. The van der Waals surface area contributed by atoms with E-state index in [0.29, 0.717) is 11.7 Å². The number of nitrogens with two attached hydrogens (primary N) is 1. The number of nitrogens with zero attached hydrogens (tertiary/aromatic N) is 4. The zero-order chi connectivity index (χ0) is 11.0. The molecule has 2 heterocycles. The predicted molar refractivity (Wildman–Crippen MR) is 62.5 cm³/mol. The van der Waals surface area contributed by atoms with Crippen LogP contribution in [-0.4, -0.2) is 19.3 Å². The fourth-order valence-electron chi connectivity index (χ4n) is 1.33. The third kappa shape index (κ3) is 2.14. The van der Waals surface area contributed by atoms with Crippen molar-refractivity contribution in [1.29, 1.82) is 0 Å². The van der Waals surface area contributed by atoms with Crippen molar-refractivity contribution >= 4 is 29.1 Å². The molecule has 1 aliphatic carbocycles. The van der Waals surface area contributed by atoms with Gasteiger partial charge >= 0.3 is 0 Å². The van der Waals surface area contributed by atoms with E-state index >= 15 is 0 Å². The summed E-state index contributed by atoms with van der Waals surface area (Å²) in [5.74, 6) is 1.91. The first-order valence-electron chi connectivity index (χ1n) is 4.90. The van der Waals surface area contributed by atoms with Crippen LogP contribution in [0, 0.1) is 0 Å². The molecule has 2 aromatic heterocycles. The van der Waals surface area contributed by atoms with Gasteiger partial charge in [0.1, 0.15) is 23.0 Å². The highest BCUT2D eigenvalue weighted by Crippen LogP contribution is 2.39. The highest BCUT2D eigenvalue weighted by atomic mass is 32.2. The van der Waals surface area contributed by atoms with E-state index in [9.17, 15) is 0 Å². The quantitative estimate of drug-likeness (QED) is 0.840. The van der Waals surface area contributed by atoms with E-state index < -0.39 is 0 Å². The summed E-state index contributed by atoms with van der Waals surface area (Å²) in [5.41, 5.74) is 5.76. The highest BCUT2D eigenvalue weighted by molar-refractivity contribution is 8.00. The summed E-state index contributed by atoms with van der Waals surface area (Å²) >= 11 is 2.84. The Labute approximate surface area is 101 Å². The van der Waals surface area contributed by atoms with Gasteiger partial charge in [-0.3, -0.25) is 0 Å². The van der Waals surface area contributed by atoms with E-state index in [1.54, 1.807) is 12.4 Å². The molecule has 1 saturated carbocycles. The van der Waals surface area contributed by atoms with Gasteiger partial charge in [-0.05, 0) is 36.1 Å². The van der Waals surface area contributed by atoms with E-state index in [1.165, 1.54) is 36.1 Å². The van der Waals surface area contributed by atoms with Gasteiger partial charge in [-0.25, -0.2) is 15.0 Å². The number of nitrogen functional groups attached to an aromatic ring is 1. The maximum Gasteiger partial charge on any atom is 0.175 e. The van der Waals surface area contributed by atoms with Gasteiger partial charge < -0.3 is 5.73 Å². The van der Waals surface area contributed by atoms with Crippen LogP contribution in [0.4, 0.5) is 5.82 Å². The molecule has 0 radical (unpaired) electrons. The largest absolute Gasteiger partial charge is 0.384 e. The maximum atomic E-state index is 5.76. The molecule has 16 heavy (non-hydrogen) atoms. The Kier molecular flexibility index (Phi) is 2.49. The third-order valence-corrected chi connectivity index (χ3v) is 3.85. The van der Waals surface area contributed by atoms with Crippen molar-refractivity contribution in [2.45, 2.75) is 28.1 Å². The molecule has 3 rings (SSSR count). The van der Waals surface area contributed by atoms with Crippen molar-refractivity contribution in [3.05, 3.63) is 18.2 Å². The average Bonchev–Trinajstić information content (AvgIpc) is 2.98. The van der Waals surface area contributed by atoms with Crippen LogP contribution < -0.4 is 5.73 Å². The standard InChI is InChI=1S/C9H9N5S2/c10-6-3-7(15-9-11-4-12-16-9)14-8(13-6)5-1-2-5/h3-5H,1-2H2,(H2,10,13,14). The normalized spacial score (nSPS) is 15.2. The molecule has 7 heteroatoms. The number of anilines is 1. The SMILES string of the molecule is Nc1cc(Sc2ncns2)nc(C2CC2)n1. The lowest BCUT2D eigenvalue weighted by molar-refractivity contribution is 0.883. The van der Waals surface area contributed by atoms with Crippen LogP contribution in [0.25, 0.3) is 0 Å². The number of rotatable bonds is 3. The van der Waals surface area contributed by atoms with E-state index in [-0.39, 0.29) is 0 Å². The van der Waals surface area contributed by atoms with E-state index in [1.807, 2.05) is 0 Å². The minimum Gasteiger partial charge on any atom is -0.384 e. The van der Waals surface area contributed by atoms with Crippen LogP contribution in [0.3, 0.4) is 0 Å². The Bertz CT molecular complexity index is 495. The summed E-state index contributed by atoms with van der Waals surface area (Å²) in [6.07, 6.45) is 3.89. The molecule has 0 amide bonds. The molecule has 2 aromatic rings. The van der Waals surface area contributed by atoms with Crippen molar-refractivity contribution in [3.63, 3.8) is 0 Å². The Morgan fingerprint density at radius 1 is 1.38 bits per heavy atom. The lowest BCUT2D eigenvalue weighted by atomic mass is 10.4. The van der Waals surface area contributed by atoms with Gasteiger partial charge in [-0.15, -0.1) is 0 Å². The van der Waals surface area contributed by atoms with Crippen molar-refractivity contribution in [3.8, 4) is 0 Å². The van der Waals surface area contributed by atoms with Crippen molar-refractivity contribution in [1.82, 2.24) is 19.3 Å². The van der Waals surface area contributed by atoms with Gasteiger partial charge in [-0.2, -0.15) is 4.37 Å². The Morgan fingerprint density at radius 3 is 2.94 bits per heavy atom. The molecule has 0 bridgehead atoms. The summed E-state index contributed by atoms with van der Waals surface area (Å²) in [4.78, 5) is 12.8.